The molecule has 0 radical (unpaired) electrons. The molecular formula is C14H21FN2O. The number of carbonyl (C=O) groups excluding carboxylic acids is 1. The fourth-order valence-corrected chi connectivity index (χ4v) is 1.81. The van der Waals surface area contributed by atoms with Gasteiger partial charge in [0.05, 0.1) is 11.3 Å². The van der Waals surface area contributed by atoms with E-state index in [4.69, 9.17) is 0 Å². The molecule has 1 aromatic carbocycles. The first-order valence-electron chi connectivity index (χ1n) is 6.47. The topological polar surface area (TPSA) is 32.3 Å². The molecule has 4 heteroatoms. The monoisotopic (exact) mass is 252 g/mol. The van der Waals surface area contributed by atoms with Crippen LogP contribution in [-0.2, 0) is 0 Å². The first-order chi connectivity index (χ1) is 8.65. The van der Waals surface area contributed by atoms with Gasteiger partial charge in [0.15, 0.2) is 0 Å². The van der Waals surface area contributed by atoms with Gasteiger partial charge in [-0.3, -0.25) is 4.79 Å². The van der Waals surface area contributed by atoms with Crippen LogP contribution in [0.5, 0.6) is 0 Å². The number of anilines is 1. The molecule has 0 saturated heterocycles. The minimum atomic E-state index is -0.374. The summed E-state index contributed by atoms with van der Waals surface area (Å²) in [5.74, 6) is -0.500. The first-order valence-corrected chi connectivity index (χ1v) is 6.47. The Kier molecular flexibility index (Phi) is 5.62. The molecule has 0 aliphatic heterocycles. The van der Waals surface area contributed by atoms with E-state index in [1.165, 1.54) is 6.07 Å². The standard InChI is InChI=1S/C14H21FN2O/c1-4-10-16-13-11(8-7-9-12(13)15)14(18)17(5-2)6-3/h7-9,16H,4-6,10H2,1-3H3. The highest BCUT2D eigenvalue weighted by Crippen LogP contribution is 2.21. The highest BCUT2D eigenvalue weighted by atomic mass is 19.1. The van der Waals surface area contributed by atoms with Crippen molar-refractivity contribution < 1.29 is 9.18 Å². The molecule has 1 rings (SSSR count). The summed E-state index contributed by atoms with van der Waals surface area (Å²) < 4.78 is 13.8. The Morgan fingerprint density at radius 3 is 2.50 bits per heavy atom. The summed E-state index contributed by atoms with van der Waals surface area (Å²) in [4.78, 5) is 13.9. The zero-order valence-electron chi connectivity index (χ0n) is 11.3. The van der Waals surface area contributed by atoms with E-state index in [-0.39, 0.29) is 11.7 Å². The molecule has 0 spiro atoms. The van der Waals surface area contributed by atoms with Gasteiger partial charge in [0.1, 0.15) is 5.82 Å². The largest absolute Gasteiger partial charge is 0.382 e. The second-order valence-corrected chi connectivity index (χ2v) is 4.07. The third kappa shape index (κ3) is 3.22. The normalized spacial score (nSPS) is 10.2. The van der Waals surface area contributed by atoms with Gasteiger partial charge >= 0.3 is 0 Å². The average molecular weight is 252 g/mol. The van der Waals surface area contributed by atoms with Crippen molar-refractivity contribution in [3.05, 3.63) is 29.6 Å². The molecule has 1 aromatic rings. The molecule has 0 bridgehead atoms. The van der Waals surface area contributed by atoms with Gasteiger partial charge in [0.2, 0.25) is 0 Å². The van der Waals surface area contributed by atoms with Gasteiger partial charge in [-0.15, -0.1) is 0 Å². The lowest BCUT2D eigenvalue weighted by atomic mass is 10.1. The summed E-state index contributed by atoms with van der Waals surface area (Å²) >= 11 is 0. The van der Waals surface area contributed by atoms with Crippen molar-refractivity contribution in [2.75, 3.05) is 25.0 Å². The summed E-state index contributed by atoms with van der Waals surface area (Å²) in [5, 5.41) is 2.99. The smallest absolute Gasteiger partial charge is 0.256 e. The van der Waals surface area contributed by atoms with Gasteiger partial charge in [0, 0.05) is 19.6 Å². The lowest BCUT2D eigenvalue weighted by Crippen LogP contribution is -2.31. The minimum absolute atomic E-state index is 0.127. The first kappa shape index (κ1) is 14.5. The molecule has 18 heavy (non-hydrogen) atoms. The third-order valence-electron chi connectivity index (χ3n) is 2.85. The summed E-state index contributed by atoms with van der Waals surface area (Å²) in [5.41, 5.74) is 0.725. The number of nitrogens with one attached hydrogen (secondary N) is 1. The van der Waals surface area contributed by atoms with Crippen LogP contribution < -0.4 is 5.32 Å². The predicted octanol–water partition coefficient (Wildman–Crippen LogP) is 3.13. The number of rotatable bonds is 6. The fourth-order valence-electron chi connectivity index (χ4n) is 1.81. The number of carbonyl (C=O) groups is 1. The molecule has 0 saturated carbocycles. The van der Waals surface area contributed by atoms with Crippen LogP contribution in [-0.4, -0.2) is 30.4 Å². The fraction of sp³-hybridized carbons (Fsp3) is 0.500. The molecule has 0 aliphatic rings. The van der Waals surface area contributed by atoms with Gasteiger partial charge in [-0.1, -0.05) is 13.0 Å². The predicted molar refractivity (Wildman–Crippen MR) is 72.4 cm³/mol. The Balaban J connectivity index is 3.06. The van der Waals surface area contributed by atoms with Gasteiger partial charge in [-0.25, -0.2) is 4.39 Å². The van der Waals surface area contributed by atoms with Crippen molar-refractivity contribution in [2.45, 2.75) is 27.2 Å². The Bertz CT molecular complexity index is 403. The molecule has 0 aromatic heterocycles. The van der Waals surface area contributed by atoms with Gasteiger partial charge in [0.25, 0.3) is 5.91 Å². The summed E-state index contributed by atoms with van der Waals surface area (Å²) in [7, 11) is 0. The van der Waals surface area contributed by atoms with Crippen molar-refractivity contribution in [1.82, 2.24) is 4.90 Å². The molecule has 100 valence electrons. The number of hydrogen-bond donors (Lipinski definition) is 1. The zero-order chi connectivity index (χ0) is 13.5. The third-order valence-corrected chi connectivity index (χ3v) is 2.85. The Hall–Kier alpha value is -1.58. The highest BCUT2D eigenvalue weighted by Gasteiger charge is 2.18. The maximum Gasteiger partial charge on any atom is 0.256 e. The molecule has 1 N–H and O–H groups in total. The van der Waals surface area contributed by atoms with Crippen LogP contribution in [0.25, 0.3) is 0 Å². The Morgan fingerprint density at radius 2 is 1.94 bits per heavy atom. The van der Waals surface area contributed by atoms with Crippen molar-refractivity contribution in [1.29, 1.82) is 0 Å². The number of nitrogens with zero attached hydrogens (tertiary/aromatic N) is 1. The number of amides is 1. The molecule has 0 unspecified atom stereocenters. The zero-order valence-corrected chi connectivity index (χ0v) is 11.3. The van der Waals surface area contributed by atoms with E-state index >= 15 is 0 Å². The highest BCUT2D eigenvalue weighted by molar-refractivity contribution is 5.99. The maximum absolute atomic E-state index is 13.8. The lowest BCUT2D eigenvalue weighted by molar-refractivity contribution is 0.0773. The number of para-hydroxylation sites is 1. The Morgan fingerprint density at radius 1 is 1.28 bits per heavy atom. The van der Waals surface area contributed by atoms with Crippen LogP contribution in [0.1, 0.15) is 37.6 Å². The van der Waals surface area contributed by atoms with Crippen LogP contribution in [0.4, 0.5) is 10.1 Å². The van der Waals surface area contributed by atoms with Crippen molar-refractivity contribution in [3.63, 3.8) is 0 Å². The molecule has 1 amide bonds. The van der Waals surface area contributed by atoms with E-state index in [9.17, 15) is 9.18 Å². The van der Waals surface area contributed by atoms with Gasteiger partial charge in [-0.05, 0) is 32.4 Å². The number of halogens is 1. The molecule has 0 atom stereocenters. The lowest BCUT2D eigenvalue weighted by Gasteiger charge is -2.21. The summed E-state index contributed by atoms with van der Waals surface area (Å²) in [6.07, 6.45) is 0.882. The van der Waals surface area contributed by atoms with Crippen LogP contribution >= 0.6 is 0 Å². The van der Waals surface area contributed by atoms with E-state index in [1.807, 2.05) is 20.8 Å². The van der Waals surface area contributed by atoms with Crippen LogP contribution in [0, 0.1) is 5.82 Å². The maximum atomic E-state index is 13.8. The van der Waals surface area contributed by atoms with Crippen molar-refractivity contribution >= 4 is 11.6 Å². The number of benzene rings is 1. The average Bonchev–Trinajstić information content (AvgIpc) is 2.38. The quantitative estimate of drug-likeness (QED) is 0.843. The van der Waals surface area contributed by atoms with E-state index < -0.39 is 0 Å². The van der Waals surface area contributed by atoms with Crippen LogP contribution in [0.2, 0.25) is 0 Å². The second kappa shape index (κ2) is 6.99. The van der Waals surface area contributed by atoms with Crippen molar-refractivity contribution in [2.24, 2.45) is 0 Å². The van der Waals surface area contributed by atoms with Crippen LogP contribution in [0.3, 0.4) is 0 Å². The summed E-state index contributed by atoms with van der Waals surface area (Å²) in [6, 6.07) is 4.61. The van der Waals surface area contributed by atoms with Crippen molar-refractivity contribution in [3.8, 4) is 0 Å². The SMILES string of the molecule is CCCNc1c(F)cccc1C(=O)N(CC)CC. The van der Waals surface area contributed by atoms with Gasteiger partial charge in [-0.2, -0.15) is 0 Å². The minimum Gasteiger partial charge on any atom is -0.382 e. The second-order valence-electron chi connectivity index (χ2n) is 4.07. The molecule has 0 aliphatic carbocycles. The van der Waals surface area contributed by atoms with E-state index in [2.05, 4.69) is 5.32 Å². The van der Waals surface area contributed by atoms with Crippen LogP contribution in [0.15, 0.2) is 18.2 Å². The van der Waals surface area contributed by atoms with E-state index in [0.29, 0.717) is 30.9 Å². The molecular weight excluding hydrogens is 231 g/mol. The molecule has 3 nitrogen and oxygen atoms in total. The molecule has 0 fully saturated rings. The van der Waals surface area contributed by atoms with E-state index in [0.717, 1.165) is 6.42 Å². The van der Waals surface area contributed by atoms with E-state index in [1.54, 1.807) is 17.0 Å². The Labute approximate surface area is 108 Å². The number of hydrogen-bond acceptors (Lipinski definition) is 2. The molecule has 0 heterocycles. The summed E-state index contributed by atoms with van der Waals surface area (Å²) in [6.45, 7) is 7.73. The van der Waals surface area contributed by atoms with Gasteiger partial charge < -0.3 is 10.2 Å².